The number of hydrogen-bond donors (Lipinski definition) is 2. The van der Waals surface area contributed by atoms with Gasteiger partial charge in [0, 0.05) is 23.1 Å². The molecule has 0 aromatic heterocycles. The molecule has 0 aromatic rings. The van der Waals surface area contributed by atoms with Gasteiger partial charge in [-0.25, -0.2) is 0 Å². The summed E-state index contributed by atoms with van der Waals surface area (Å²) in [6.07, 6.45) is -0.153. The number of rotatable bonds is 1. The molecular formula is C8H17NOS. The predicted octanol–water partition coefficient (Wildman–Crippen LogP) is 0.851. The Morgan fingerprint density at radius 3 is 2.36 bits per heavy atom. The van der Waals surface area contributed by atoms with E-state index in [9.17, 15) is 5.11 Å². The molecule has 0 amide bonds. The maximum atomic E-state index is 9.47. The van der Waals surface area contributed by atoms with Crippen LogP contribution in [-0.4, -0.2) is 34.3 Å². The second-order valence-corrected chi connectivity index (χ2v) is 6.06. The molecule has 1 aliphatic rings. The highest BCUT2D eigenvalue weighted by Gasteiger charge is 2.29. The van der Waals surface area contributed by atoms with Crippen molar-refractivity contribution in [2.45, 2.75) is 36.9 Å². The van der Waals surface area contributed by atoms with E-state index < -0.39 is 0 Å². The average molecular weight is 175 g/mol. The van der Waals surface area contributed by atoms with Crippen LogP contribution >= 0.6 is 11.8 Å². The molecule has 3 heteroatoms. The lowest BCUT2D eigenvalue weighted by atomic mass is 10.3. The van der Waals surface area contributed by atoms with Gasteiger partial charge in [-0.3, -0.25) is 0 Å². The van der Waals surface area contributed by atoms with Crippen LogP contribution in [-0.2, 0) is 0 Å². The molecule has 2 nitrogen and oxygen atoms in total. The van der Waals surface area contributed by atoms with Crippen molar-refractivity contribution in [1.29, 1.82) is 0 Å². The molecule has 0 radical (unpaired) electrons. The molecule has 0 spiro atoms. The molecule has 0 bridgehead atoms. The molecule has 0 unspecified atom stereocenters. The predicted molar refractivity (Wildman–Crippen MR) is 50.0 cm³/mol. The molecule has 0 aliphatic carbocycles. The standard InChI is InChI=1S/C8H17NOS/c1-8(2,3)11-7-5-9-4-6(7)10/h6-7,9-10H,4-5H2,1-3H3/t6-,7-/m0/s1. The smallest absolute Gasteiger partial charge is 0.0795 e. The Labute approximate surface area is 72.8 Å². The summed E-state index contributed by atoms with van der Waals surface area (Å²) in [6.45, 7) is 8.25. The van der Waals surface area contributed by atoms with Crippen molar-refractivity contribution in [1.82, 2.24) is 5.32 Å². The Balaban J connectivity index is 2.37. The molecule has 0 saturated carbocycles. The third kappa shape index (κ3) is 3.01. The highest BCUT2D eigenvalue weighted by atomic mass is 32.2. The van der Waals surface area contributed by atoms with Crippen molar-refractivity contribution in [3.63, 3.8) is 0 Å². The van der Waals surface area contributed by atoms with Gasteiger partial charge in [0.15, 0.2) is 0 Å². The number of hydrogen-bond acceptors (Lipinski definition) is 3. The number of β-amino-alcohol motifs (C(OH)–C–C–N with tert-alkyl or cyclic N) is 1. The lowest BCUT2D eigenvalue weighted by Gasteiger charge is -2.23. The number of thioether (sulfide) groups is 1. The monoisotopic (exact) mass is 175 g/mol. The van der Waals surface area contributed by atoms with Crippen LogP contribution in [0, 0.1) is 0 Å². The molecular weight excluding hydrogens is 158 g/mol. The van der Waals surface area contributed by atoms with Crippen LogP contribution in [0.5, 0.6) is 0 Å². The van der Waals surface area contributed by atoms with E-state index in [0.717, 1.165) is 13.1 Å². The summed E-state index contributed by atoms with van der Waals surface area (Å²) in [6, 6.07) is 0. The maximum absolute atomic E-state index is 9.47. The fourth-order valence-electron chi connectivity index (χ4n) is 1.22. The summed E-state index contributed by atoms with van der Waals surface area (Å²) in [5.41, 5.74) is 0. The third-order valence-electron chi connectivity index (χ3n) is 1.63. The summed E-state index contributed by atoms with van der Waals surface area (Å²) in [5, 5.41) is 13.0. The topological polar surface area (TPSA) is 32.3 Å². The Bertz CT molecular complexity index is 133. The zero-order valence-electron chi connectivity index (χ0n) is 7.42. The van der Waals surface area contributed by atoms with E-state index >= 15 is 0 Å². The second-order valence-electron chi connectivity index (χ2n) is 3.99. The van der Waals surface area contributed by atoms with E-state index in [0.29, 0.717) is 5.25 Å². The van der Waals surface area contributed by atoms with Gasteiger partial charge in [0.1, 0.15) is 0 Å². The zero-order valence-corrected chi connectivity index (χ0v) is 8.24. The van der Waals surface area contributed by atoms with E-state index in [1.165, 1.54) is 0 Å². The van der Waals surface area contributed by atoms with Crippen molar-refractivity contribution in [2.24, 2.45) is 0 Å². The first-order valence-electron chi connectivity index (χ1n) is 4.05. The Hall–Kier alpha value is 0.270. The van der Waals surface area contributed by atoms with Crippen LogP contribution in [0.4, 0.5) is 0 Å². The first kappa shape index (κ1) is 9.36. The fourth-order valence-corrected chi connectivity index (χ4v) is 2.58. The van der Waals surface area contributed by atoms with Crippen molar-refractivity contribution in [3.05, 3.63) is 0 Å². The fraction of sp³-hybridized carbons (Fsp3) is 1.00. The average Bonchev–Trinajstić information content (AvgIpc) is 2.12. The van der Waals surface area contributed by atoms with Gasteiger partial charge in [-0.2, -0.15) is 0 Å². The quantitative estimate of drug-likeness (QED) is 0.620. The minimum atomic E-state index is -0.153. The normalized spacial score (nSPS) is 32.7. The van der Waals surface area contributed by atoms with Crippen LogP contribution in [0.15, 0.2) is 0 Å². The van der Waals surface area contributed by atoms with Gasteiger partial charge in [0.25, 0.3) is 0 Å². The summed E-state index contributed by atoms with van der Waals surface area (Å²) in [5.74, 6) is 0. The van der Waals surface area contributed by atoms with E-state index in [4.69, 9.17) is 0 Å². The van der Waals surface area contributed by atoms with Crippen LogP contribution < -0.4 is 5.32 Å². The van der Waals surface area contributed by atoms with E-state index in [2.05, 4.69) is 26.1 Å². The molecule has 66 valence electrons. The van der Waals surface area contributed by atoms with Crippen LogP contribution in [0.2, 0.25) is 0 Å². The van der Waals surface area contributed by atoms with Gasteiger partial charge in [0.2, 0.25) is 0 Å². The van der Waals surface area contributed by atoms with Crippen molar-refractivity contribution in [3.8, 4) is 0 Å². The van der Waals surface area contributed by atoms with Crippen molar-refractivity contribution < 1.29 is 5.11 Å². The van der Waals surface area contributed by atoms with Gasteiger partial charge < -0.3 is 10.4 Å². The molecule has 1 aliphatic heterocycles. The Morgan fingerprint density at radius 2 is 2.00 bits per heavy atom. The SMILES string of the molecule is CC(C)(C)S[C@H]1CNC[C@@H]1O. The molecule has 11 heavy (non-hydrogen) atoms. The summed E-state index contributed by atoms with van der Waals surface area (Å²) in [4.78, 5) is 0. The largest absolute Gasteiger partial charge is 0.391 e. The maximum Gasteiger partial charge on any atom is 0.0795 e. The van der Waals surface area contributed by atoms with E-state index in [-0.39, 0.29) is 10.9 Å². The minimum absolute atomic E-state index is 0.153. The van der Waals surface area contributed by atoms with Gasteiger partial charge in [-0.05, 0) is 0 Å². The van der Waals surface area contributed by atoms with Gasteiger partial charge in [0.05, 0.1) is 6.10 Å². The molecule has 1 rings (SSSR count). The number of aliphatic hydroxyl groups is 1. The van der Waals surface area contributed by atoms with Gasteiger partial charge >= 0.3 is 0 Å². The summed E-state index contributed by atoms with van der Waals surface area (Å²) >= 11 is 1.86. The van der Waals surface area contributed by atoms with Crippen LogP contribution in [0.1, 0.15) is 20.8 Å². The first-order chi connectivity index (χ1) is 4.99. The molecule has 1 saturated heterocycles. The first-order valence-corrected chi connectivity index (χ1v) is 4.93. The molecule has 1 fully saturated rings. The van der Waals surface area contributed by atoms with Gasteiger partial charge in [-0.1, -0.05) is 20.8 Å². The van der Waals surface area contributed by atoms with E-state index in [1.54, 1.807) is 0 Å². The molecule has 0 aromatic carbocycles. The van der Waals surface area contributed by atoms with Gasteiger partial charge in [-0.15, -0.1) is 11.8 Å². The summed E-state index contributed by atoms with van der Waals surface area (Å²) < 4.78 is 0.262. The Kier molecular flexibility index (Phi) is 2.84. The highest BCUT2D eigenvalue weighted by Crippen LogP contribution is 2.30. The minimum Gasteiger partial charge on any atom is -0.391 e. The van der Waals surface area contributed by atoms with Crippen LogP contribution in [0.25, 0.3) is 0 Å². The summed E-state index contributed by atoms with van der Waals surface area (Å²) in [7, 11) is 0. The second kappa shape index (κ2) is 3.33. The molecule has 2 atom stereocenters. The van der Waals surface area contributed by atoms with E-state index in [1.807, 2.05) is 11.8 Å². The zero-order chi connectivity index (χ0) is 8.48. The molecule has 2 N–H and O–H groups in total. The van der Waals surface area contributed by atoms with Crippen LogP contribution in [0.3, 0.4) is 0 Å². The lowest BCUT2D eigenvalue weighted by molar-refractivity contribution is 0.200. The number of nitrogens with one attached hydrogen (secondary N) is 1. The van der Waals surface area contributed by atoms with Crippen molar-refractivity contribution >= 4 is 11.8 Å². The number of aliphatic hydroxyl groups excluding tert-OH is 1. The third-order valence-corrected chi connectivity index (χ3v) is 3.12. The lowest BCUT2D eigenvalue weighted by Crippen LogP contribution is -2.25. The van der Waals surface area contributed by atoms with Crippen molar-refractivity contribution in [2.75, 3.05) is 13.1 Å². The Morgan fingerprint density at radius 1 is 1.36 bits per heavy atom. The highest BCUT2D eigenvalue weighted by molar-refractivity contribution is 8.01. The molecule has 1 heterocycles.